The van der Waals surface area contributed by atoms with E-state index in [1.807, 2.05) is 0 Å². The van der Waals surface area contributed by atoms with Crippen molar-refractivity contribution in [2.45, 2.75) is 83.3 Å². The molecule has 26 heavy (non-hydrogen) atoms. The Bertz CT molecular complexity index is 745. The number of ether oxygens (including phenoxy) is 1. The molecule has 2 aromatic heterocycles. The third kappa shape index (κ3) is 3.17. The highest BCUT2D eigenvalue weighted by Crippen LogP contribution is 2.39. The topological polar surface area (TPSA) is 78.9 Å². The second-order valence-electron chi connectivity index (χ2n) is 8.21. The standard InChI is InChI=1S/C19H29N5O2/c1-13(2)12-24-16-11-14(7-8-15(16)21-23-24)17-20-18(22-26-17)19(25-3)9-5-4-6-10-19/h13-14H,4-12H2,1-3H3. The quantitative estimate of drug-likeness (QED) is 0.814. The van der Waals surface area contributed by atoms with Gasteiger partial charge < -0.3 is 9.26 Å². The Morgan fingerprint density at radius 3 is 2.81 bits per heavy atom. The highest BCUT2D eigenvalue weighted by molar-refractivity contribution is 5.19. The fourth-order valence-electron chi connectivity index (χ4n) is 4.36. The van der Waals surface area contributed by atoms with Crippen LogP contribution in [-0.2, 0) is 29.7 Å². The molecule has 2 aliphatic carbocycles. The average Bonchev–Trinajstić information content (AvgIpc) is 3.30. The number of rotatable bonds is 5. The molecule has 7 nitrogen and oxygen atoms in total. The molecule has 0 N–H and O–H groups in total. The van der Waals surface area contributed by atoms with E-state index in [-0.39, 0.29) is 11.5 Å². The van der Waals surface area contributed by atoms with Gasteiger partial charge in [0.2, 0.25) is 11.7 Å². The summed E-state index contributed by atoms with van der Waals surface area (Å²) in [6.45, 7) is 5.30. The van der Waals surface area contributed by atoms with Crippen molar-refractivity contribution in [1.82, 2.24) is 25.1 Å². The maximum Gasteiger partial charge on any atom is 0.230 e. The lowest BCUT2D eigenvalue weighted by Crippen LogP contribution is -2.32. The first-order chi connectivity index (χ1) is 12.6. The maximum atomic E-state index is 5.86. The predicted octanol–water partition coefficient (Wildman–Crippen LogP) is 3.40. The Morgan fingerprint density at radius 2 is 2.08 bits per heavy atom. The van der Waals surface area contributed by atoms with Crippen molar-refractivity contribution in [2.24, 2.45) is 5.92 Å². The highest BCUT2D eigenvalue weighted by Gasteiger charge is 2.39. The van der Waals surface area contributed by atoms with Crippen LogP contribution in [0.15, 0.2) is 4.52 Å². The van der Waals surface area contributed by atoms with Gasteiger partial charge in [0.15, 0.2) is 0 Å². The molecule has 1 atom stereocenters. The molecule has 2 heterocycles. The van der Waals surface area contributed by atoms with Crippen LogP contribution in [0.25, 0.3) is 0 Å². The van der Waals surface area contributed by atoms with E-state index in [0.29, 0.717) is 5.92 Å². The zero-order chi connectivity index (χ0) is 18.1. The molecule has 0 aliphatic heterocycles. The van der Waals surface area contributed by atoms with Crippen LogP contribution >= 0.6 is 0 Å². The van der Waals surface area contributed by atoms with Gasteiger partial charge in [-0.1, -0.05) is 43.5 Å². The number of fused-ring (bicyclic) bond motifs is 1. The van der Waals surface area contributed by atoms with Gasteiger partial charge in [0, 0.05) is 26.0 Å². The lowest BCUT2D eigenvalue weighted by molar-refractivity contribution is -0.0527. The molecule has 1 unspecified atom stereocenters. The molecule has 1 saturated carbocycles. The zero-order valence-corrected chi connectivity index (χ0v) is 16.1. The zero-order valence-electron chi connectivity index (χ0n) is 16.1. The first-order valence-corrected chi connectivity index (χ1v) is 9.92. The summed E-state index contributed by atoms with van der Waals surface area (Å²) in [4.78, 5) is 4.80. The van der Waals surface area contributed by atoms with E-state index < -0.39 is 0 Å². The van der Waals surface area contributed by atoms with Crippen molar-refractivity contribution in [1.29, 1.82) is 0 Å². The third-order valence-corrected chi connectivity index (χ3v) is 5.88. The Kier molecular flexibility index (Phi) is 4.82. The van der Waals surface area contributed by atoms with E-state index in [1.54, 1.807) is 7.11 Å². The Balaban J connectivity index is 1.54. The SMILES string of the molecule is COC1(c2noc(C3CCc4nnn(CC(C)C)c4C3)n2)CCCCC1. The van der Waals surface area contributed by atoms with Gasteiger partial charge in [0.1, 0.15) is 5.60 Å². The minimum absolute atomic E-state index is 0.241. The first kappa shape index (κ1) is 17.6. The number of hydrogen-bond acceptors (Lipinski definition) is 6. The molecule has 0 amide bonds. The van der Waals surface area contributed by atoms with E-state index in [0.717, 1.165) is 68.9 Å². The largest absolute Gasteiger partial charge is 0.370 e. The number of methoxy groups -OCH3 is 1. The van der Waals surface area contributed by atoms with Crippen LogP contribution in [0.2, 0.25) is 0 Å². The second-order valence-corrected chi connectivity index (χ2v) is 8.21. The molecule has 0 saturated heterocycles. The first-order valence-electron chi connectivity index (χ1n) is 9.92. The minimum atomic E-state index is -0.360. The lowest BCUT2D eigenvalue weighted by atomic mass is 9.84. The van der Waals surface area contributed by atoms with Crippen LogP contribution in [-0.4, -0.2) is 32.2 Å². The van der Waals surface area contributed by atoms with E-state index in [1.165, 1.54) is 12.1 Å². The molecular formula is C19H29N5O2. The van der Waals surface area contributed by atoms with Gasteiger partial charge in [0.25, 0.3) is 0 Å². The van der Waals surface area contributed by atoms with Gasteiger partial charge in [-0.3, -0.25) is 0 Å². The van der Waals surface area contributed by atoms with E-state index in [2.05, 4.69) is 34.0 Å². The molecule has 7 heteroatoms. The summed E-state index contributed by atoms with van der Waals surface area (Å²) >= 11 is 0. The van der Waals surface area contributed by atoms with Gasteiger partial charge >= 0.3 is 0 Å². The van der Waals surface area contributed by atoms with Gasteiger partial charge in [-0.15, -0.1) is 5.10 Å². The van der Waals surface area contributed by atoms with Crippen molar-refractivity contribution in [3.05, 3.63) is 23.1 Å². The average molecular weight is 359 g/mol. The molecule has 1 fully saturated rings. The molecule has 142 valence electrons. The summed E-state index contributed by atoms with van der Waals surface area (Å²) in [5.41, 5.74) is 2.00. The molecule has 0 bridgehead atoms. The van der Waals surface area contributed by atoms with Crippen molar-refractivity contribution in [3.8, 4) is 0 Å². The van der Waals surface area contributed by atoms with E-state index >= 15 is 0 Å². The van der Waals surface area contributed by atoms with Crippen molar-refractivity contribution in [3.63, 3.8) is 0 Å². The van der Waals surface area contributed by atoms with Crippen molar-refractivity contribution in [2.75, 3.05) is 7.11 Å². The van der Waals surface area contributed by atoms with Gasteiger partial charge in [-0.2, -0.15) is 4.98 Å². The van der Waals surface area contributed by atoms with E-state index in [9.17, 15) is 0 Å². The van der Waals surface area contributed by atoms with Crippen LogP contribution in [0.4, 0.5) is 0 Å². The van der Waals surface area contributed by atoms with Gasteiger partial charge in [-0.05, 0) is 31.6 Å². The maximum absolute atomic E-state index is 5.86. The van der Waals surface area contributed by atoms with Crippen LogP contribution in [0.1, 0.15) is 81.4 Å². The summed E-state index contributed by atoms with van der Waals surface area (Å²) in [6, 6.07) is 0. The molecule has 2 aliphatic rings. The summed E-state index contributed by atoms with van der Waals surface area (Å²) in [6.07, 6.45) is 8.30. The molecule has 0 spiro atoms. The number of aryl methyl sites for hydroxylation is 1. The monoisotopic (exact) mass is 359 g/mol. The Hall–Kier alpha value is -1.76. The molecule has 0 radical (unpaired) electrons. The lowest BCUT2D eigenvalue weighted by Gasteiger charge is -2.32. The third-order valence-electron chi connectivity index (χ3n) is 5.88. The van der Waals surface area contributed by atoms with E-state index in [4.69, 9.17) is 14.2 Å². The van der Waals surface area contributed by atoms with Crippen LogP contribution in [0, 0.1) is 5.92 Å². The van der Waals surface area contributed by atoms with Crippen LogP contribution in [0.5, 0.6) is 0 Å². The summed E-state index contributed by atoms with van der Waals surface area (Å²) in [7, 11) is 1.77. The molecule has 0 aromatic carbocycles. The summed E-state index contributed by atoms with van der Waals surface area (Å²) in [5, 5.41) is 13.0. The minimum Gasteiger partial charge on any atom is -0.370 e. The fourth-order valence-corrected chi connectivity index (χ4v) is 4.36. The molecule has 4 rings (SSSR count). The predicted molar refractivity (Wildman–Crippen MR) is 95.7 cm³/mol. The van der Waals surface area contributed by atoms with Gasteiger partial charge in [0.05, 0.1) is 11.4 Å². The number of aromatic nitrogens is 5. The summed E-state index contributed by atoms with van der Waals surface area (Å²) in [5.74, 6) is 2.26. The molecule has 2 aromatic rings. The highest BCUT2D eigenvalue weighted by atomic mass is 16.5. The number of hydrogen-bond donors (Lipinski definition) is 0. The summed E-state index contributed by atoms with van der Waals surface area (Å²) < 4.78 is 13.6. The van der Waals surface area contributed by atoms with Crippen molar-refractivity contribution >= 4 is 0 Å². The fraction of sp³-hybridized carbons (Fsp3) is 0.789. The Labute approximate surface area is 154 Å². The molecular weight excluding hydrogens is 330 g/mol. The normalized spacial score (nSPS) is 22.5. The van der Waals surface area contributed by atoms with Crippen LogP contribution < -0.4 is 0 Å². The second kappa shape index (κ2) is 7.10. The van der Waals surface area contributed by atoms with Gasteiger partial charge in [-0.25, -0.2) is 4.68 Å². The number of nitrogens with zero attached hydrogens (tertiary/aromatic N) is 5. The Morgan fingerprint density at radius 1 is 1.27 bits per heavy atom. The van der Waals surface area contributed by atoms with Crippen LogP contribution in [0.3, 0.4) is 0 Å². The van der Waals surface area contributed by atoms with Crippen molar-refractivity contribution < 1.29 is 9.26 Å². The smallest absolute Gasteiger partial charge is 0.230 e.